The molecule has 0 unspecified atom stereocenters. The van der Waals surface area contributed by atoms with Gasteiger partial charge in [0.15, 0.2) is 0 Å². The Kier molecular flexibility index (Phi) is 6.40. The monoisotopic (exact) mass is 472 g/mol. The Morgan fingerprint density at radius 3 is 2.53 bits per heavy atom. The number of rotatable bonds is 6. The van der Waals surface area contributed by atoms with E-state index in [4.69, 9.17) is 0 Å². The molecule has 1 aromatic carbocycles. The van der Waals surface area contributed by atoms with Crippen molar-refractivity contribution in [1.82, 2.24) is 24.5 Å². The fourth-order valence-electron chi connectivity index (χ4n) is 3.16. The van der Waals surface area contributed by atoms with E-state index in [1.165, 1.54) is 11.1 Å². The number of nitrogens with zero attached hydrogens (tertiary/aromatic N) is 5. The summed E-state index contributed by atoms with van der Waals surface area (Å²) in [7, 11) is 3.34. The number of benzene rings is 1. The lowest BCUT2D eigenvalue weighted by molar-refractivity contribution is 0.0816. The lowest BCUT2D eigenvalue weighted by atomic mass is 10.1. The van der Waals surface area contributed by atoms with Crippen LogP contribution < -0.4 is 5.32 Å². The zero-order chi connectivity index (χ0) is 22.0. The minimum Gasteiger partial charge on any atom is -0.343 e. The highest BCUT2D eigenvalue weighted by Crippen LogP contribution is 2.21. The number of aryl methyl sites for hydroxylation is 2. The second-order valence-electron chi connectivity index (χ2n) is 7.22. The molecule has 158 valence electrons. The molecule has 2 aromatic heterocycles. The molecule has 30 heavy (non-hydrogen) atoms. The maximum Gasteiger partial charge on any atom is 0.273 e. The molecule has 0 radical (unpaired) electrons. The third-order valence-corrected chi connectivity index (χ3v) is 5.96. The van der Waals surface area contributed by atoms with Crippen LogP contribution in [0.5, 0.6) is 0 Å². The van der Waals surface area contributed by atoms with Gasteiger partial charge in [-0.1, -0.05) is 12.1 Å². The van der Waals surface area contributed by atoms with E-state index < -0.39 is 0 Å². The smallest absolute Gasteiger partial charge is 0.273 e. The molecule has 0 saturated heterocycles. The molecule has 2 heterocycles. The van der Waals surface area contributed by atoms with Crippen molar-refractivity contribution < 1.29 is 9.59 Å². The Morgan fingerprint density at radius 1 is 1.20 bits per heavy atom. The lowest BCUT2D eigenvalue weighted by Gasteiger charge is -2.14. The van der Waals surface area contributed by atoms with E-state index in [9.17, 15) is 9.59 Å². The predicted molar refractivity (Wildman–Crippen MR) is 119 cm³/mol. The van der Waals surface area contributed by atoms with Gasteiger partial charge >= 0.3 is 0 Å². The summed E-state index contributed by atoms with van der Waals surface area (Å²) >= 11 is 3.54. The second-order valence-corrected chi connectivity index (χ2v) is 8.01. The van der Waals surface area contributed by atoms with Crippen molar-refractivity contribution in [2.75, 3.05) is 19.4 Å². The number of aromatic nitrogens is 4. The minimum atomic E-state index is -0.296. The van der Waals surface area contributed by atoms with Gasteiger partial charge in [0.05, 0.1) is 34.3 Å². The summed E-state index contributed by atoms with van der Waals surface area (Å²) < 4.78 is 4.47. The van der Waals surface area contributed by atoms with Gasteiger partial charge in [-0.2, -0.15) is 10.2 Å². The Hall–Kier alpha value is -2.94. The van der Waals surface area contributed by atoms with E-state index in [-0.39, 0.29) is 11.8 Å². The average Bonchev–Trinajstić information content (AvgIpc) is 3.23. The molecule has 3 aromatic rings. The van der Waals surface area contributed by atoms with Crippen LogP contribution in [-0.2, 0) is 13.1 Å². The standard InChI is InChI=1S/C21H25BrN6O2/c1-6-27-19(21(30)26(4)5)17(11-23-27)24-20(29)16-9-7-8-15(10-16)12-28-14(3)18(22)13(2)25-28/h7-11H,6,12H2,1-5H3,(H,24,29). The normalized spacial score (nSPS) is 10.9. The Bertz CT molecular complexity index is 1100. The van der Waals surface area contributed by atoms with Crippen LogP contribution in [0.1, 0.15) is 44.7 Å². The highest BCUT2D eigenvalue weighted by Gasteiger charge is 2.21. The average molecular weight is 473 g/mol. The van der Waals surface area contributed by atoms with Crippen LogP contribution in [0.2, 0.25) is 0 Å². The van der Waals surface area contributed by atoms with E-state index >= 15 is 0 Å². The van der Waals surface area contributed by atoms with Crippen molar-refractivity contribution in [2.45, 2.75) is 33.9 Å². The lowest BCUT2D eigenvalue weighted by Crippen LogP contribution is -2.26. The van der Waals surface area contributed by atoms with E-state index in [0.717, 1.165) is 21.4 Å². The fraction of sp³-hybridized carbons (Fsp3) is 0.333. The third kappa shape index (κ3) is 4.30. The van der Waals surface area contributed by atoms with Crippen LogP contribution in [0, 0.1) is 13.8 Å². The second kappa shape index (κ2) is 8.83. The fourth-order valence-corrected chi connectivity index (χ4v) is 3.45. The maximum absolute atomic E-state index is 12.9. The number of carbonyl (C=O) groups excluding carboxylic acids is 2. The molecular weight excluding hydrogens is 448 g/mol. The van der Waals surface area contributed by atoms with Crippen LogP contribution in [0.3, 0.4) is 0 Å². The number of halogens is 1. The molecule has 9 heteroatoms. The quantitative estimate of drug-likeness (QED) is 0.594. The molecule has 0 bridgehead atoms. The van der Waals surface area contributed by atoms with E-state index in [1.807, 2.05) is 43.7 Å². The van der Waals surface area contributed by atoms with Gasteiger partial charge in [-0.05, 0) is 54.4 Å². The minimum absolute atomic E-state index is 0.214. The van der Waals surface area contributed by atoms with Crippen LogP contribution in [0.4, 0.5) is 5.69 Å². The highest BCUT2D eigenvalue weighted by atomic mass is 79.9. The number of hydrogen-bond donors (Lipinski definition) is 1. The summed E-state index contributed by atoms with van der Waals surface area (Å²) in [5, 5.41) is 11.6. The molecule has 0 saturated carbocycles. The zero-order valence-electron chi connectivity index (χ0n) is 17.7. The Balaban J connectivity index is 1.83. The number of carbonyl (C=O) groups is 2. The molecule has 0 aliphatic rings. The molecule has 0 fully saturated rings. The molecule has 0 aliphatic carbocycles. The van der Waals surface area contributed by atoms with Crippen LogP contribution in [-0.4, -0.2) is 50.4 Å². The first-order valence-electron chi connectivity index (χ1n) is 9.60. The summed E-state index contributed by atoms with van der Waals surface area (Å²) in [6, 6.07) is 7.37. The largest absolute Gasteiger partial charge is 0.343 e. The van der Waals surface area contributed by atoms with Crippen molar-refractivity contribution in [2.24, 2.45) is 0 Å². The van der Waals surface area contributed by atoms with Gasteiger partial charge in [-0.3, -0.25) is 19.0 Å². The molecule has 0 aliphatic heterocycles. The topological polar surface area (TPSA) is 85.0 Å². The molecule has 8 nitrogen and oxygen atoms in total. The number of anilines is 1. The van der Waals surface area contributed by atoms with Crippen LogP contribution in [0.25, 0.3) is 0 Å². The van der Waals surface area contributed by atoms with Gasteiger partial charge < -0.3 is 10.2 Å². The van der Waals surface area contributed by atoms with Crippen molar-refractivity contribution in [1.29, 1.82) is 0 Å². The maximum atomic E-state index is 12.9. The first-order chi connectivity index (χ1) is 14.2. The van der Waals surface area contributed by atoms with Crippen molar-refractivity contribution in [3.63, 3.8) is 0 Å². The predicted octanol–water partition coefficient (Wildman–Crippen LogP) is 3.48. The highest BCUT2D eigenvalue weighted by molar-refractivity contribution is 9.10. The molecule has 0 atom stereocenters. The molecule has 3 rings (SSSR count). The molecule has 0 spiro atoms. The van der Waals surface area contributed by atoms with Gasteiger partial charge in [-0.15, -0.1) is 0 Å². The van der Waals surface area contributed by atoms with Gasteiger partial charge in [0.2, 0.25) is 0 Å². The third-order valence-electron chi connectivity index (χ3n) is 4.81. The van der Waals surface area contributed by atoms with E-state index in [1.54, 1.807) is 24.8 Å². The molecule has 2 amide bonds. The Labute approximate surface area is 184 Å². The van der Waals surface area contributed by atoms with Crippen molar-refractivity contribution in [3.8, 4) is 0 Å². The van der Waals surface area contributed by atoms with E-state index in [0.29, 0.717) is 30.0 Å². The molecular formula is C21H25BrN6O2. The number of amides is 2. The van der Waals surface area contributed by atoms with Crippen LogP contribution >= 0.6 is 15.9 Å². The molecule has 1 N–H and O–H groups in total. The Morgan fingerprint density at radius 2 is 1.93 bits per heavy atom. The van der Waals surface area contributed by atoms with Gasteiger partial charge in [-0.25, -0.2) is 0 Å². The SMILES string of the molecule is CCn1ncc(NC(=O)c2cccc(Cn3nc(C)c(Br)c3C)c2)c1C(=O)N(C)C. The summed E-state index contributed by atoms with van der Waals surface area (Å²) in [6.07, 6.45) is 1.51. The van der Waals surface area contributed by atoms with Crippen molar-refractivity contribution in [3.05, 3.63) is 63.1 Å². The van der Waals surface area contributed by atoms with Gasteiger partial charge in [0.1, 0.15) is 5.69 Å². The first-order valence-corrected chi connectivity index (χ1v) is 10.4. The van der Waals surface area contributed by atoms with Gasteiger partial charge in [0.25, 0.3) is 11.8 Å². The number of nitrogens with one attached hydrogen (secondary N) is 1. The first kappa shape index (κ1) is 21.8. The van der Waals surface area contributed by atoms with Crippen molar-refractivity contribution >= 4 is 33.4 Å². The van der Waals surface area contributed by atoms with Gasteiger partial charge in [0, 0.05) is 26.2 Å². The summed E-state index contributed by atoms with van der Waals surface area (Å²) in [5.41, 5.74) is 4.16. The zero-order valence-corrected chi connectivity index (χ0v) is 19.3. The number of hydrogen-bond acceptors (Lipinski definition) is 4. The van der Waals surface area contributed by atoms with Crippen LogP contribution in [0.15, 0.2) is 34.9 Å². The summed E-state index contributed by atoms with van der Waals surface area (Å²) in [6.45, 7) is 6.91. The summed E-state index contributed by atoms with van der Waals surface area (Å²) in [4.78, 5) is 26.9. The van der Waals surface area contributed by atoms with E-state index in [2.05, 4.69) is 31.4 Å². The summed E-state index contributed by atoms with van der Waals surface area (Å²) in [5.74, 6) is -0.511.